The van der Waals surface area contributed by atoms with Crippen LogP contribution in [0.4, 0.5) is 4.79 Å². The van der Waals surface area contributed by atoms with Crippen molar-refractivity contribution >= 4 is 17.9 Å². The Morgan fingerprint density at radius 2 is 2.11 bits per heavy atom. The van der Waals surface area contributed by atoms with Crippen molar-refractivity contribution in [2.75, 3.05) is 39.8 Å². The fourth-order valence-electron chi connectivity index (χ4n) is 3.39. The summed E-state index contributed by atoms with van der Waals surface area (Å²) in [4.78, 5) is 38.4. The Morgan fingerprint density at radius 3 is 2.75 bits per heavy atom. The van der Waals surface area contributed by atoms with Crippen molar-refractivity contribution in [3.63, 3.8) is 0 Å². The van der Waals surface area contributed by atoms with Gasteiger partial charge in [-0.05, 0) is 25.1 Å². The first-order chi connectivity index (χ1) is 13.3. The summed E-state index contributed by atoms with van der Waals surface area (Å²) < 4.78 is 5.67. The van der Waals surface area contributed by atoms with Crippen molar-refractivity contribution in [2.45, 2.75) is 25.5 Å². The molecule has 0 radical (unpaired) electrons. The fraction of sp³-hybridized carbons (Fsp3) is 0.526. The van der Waals surface area contributed by atoms with Gasteiger partial charge in [0, 0.05) is 19.6 Å². The first-order valence-electron chi connectivity index (χ1n) is 9.17. The van der Waals surface area contributed by atoms with Crippen LogP contribution in [0.1, 0.15) is 23.6 Å². The van der Waals surface area contributed by atoms with E-state index in [1.807, 2.05) is 31.2 Å². The summed E-state index contributed by atoms with van der Waals surface area (Å²) in [5, 5.41) is 11.5. The van der Waals surface area contributed by atoms with Gasteiger partial charge in [-0.1, -0.05) is 24.3 Å². The van der Waals surface area contributed by atoms with Crippen LogP contribution in [0.5, 0.6) is 0 Å². The molecule has 4 N–H and O–H groups in total. The maximum atomic E-state index is 12.9. The predicted molar refractivity (Wildman–Crippen MR) is 103 cm³/mol. The van der Waals surface area contributed by atoms with Crippen LogP contribution >= 0.6 is 0 Å². The third-order valence-corrected chi connectivity index (χ3v) is 4.67. The highest BCUT2D eigenvalue weighted by Crippen LogP contribution is 2.22. The van der Waals surface area contributed by atoms with E-state index in [9.17, 15) is 14.4 Å². The predicted octanol–water partition coefficient (Wildman–Crippen LogP) is 0.338. The number of aliphatic carboxylic acids is 1. The summed E-state index contributed by atoms with van der Waals surface area (Å²) >= 11 is 0. The van der Waals surface area contributed by atoms with E-state index < -0.39 is 18.0 Å². The lowest BCUT2D eigenvalue weighted by atomic mass is 9.98. The van der Waals surface area contributed by atoms with Crippen LogP contribution < -0.4 is 11.1 Å². The number of nitrogens with zero attached hydrogens (tertiary/aromatic N) is 2. The highest BCUT2D eigenvalue weighted by Gasteiger charge is 2.28. The highest BCUT2D eigenvalue weighted by molar-refractivity contribution is 5.79. The number of aryl methyl sites for hydroxylation is 1. The summed E-state index contributed by atoms with van der Waals surface area (Å²) in [5.41, 5.74) is 7.11. The van der Waals surface area contributed by atoms with Crippen molar-refractivity contribution < 1.29 is 24.2 Å². The minimum absolute atomic E-state index is 0.0888. The second-order valence-electron chi connectivity index (χ2n) is 7.04. The smallest absolute Gasteiger partial charge is 0.317 e. The maximum Gasteiger partial charge on any atom is 0.317 e. The molecule has 0 aromatic heterocycles. The quantitative estimate of drug-likeness (QED) is 0.586. The van der Waals surface area contributed by atoms with Gasteiger partial charge >= 0.3 is 12.0 Å². The molecule has 9 nitrogen and oxygen atoms in total. The minimum Gasteiger partial charge on any atom is -0.480 e. The van der Waals surface area contributed by atoms with E-state index in [1.165, 1.54) is 0 Å². The Bertz CT molecular complexity index is 711. The van der Waals surface area contributed by atoms with Gasteiger partial charge in [0.2, 0.25) is 5.91 Å². The molecule has 1 saturated heterocycles. The van der Waals surface area contributed by atoms with E-state index in [4.69, 9.17) is 15.6 Å². The van der Waals surface area contributed by atoms with Crippen LogP contribution in [0.2, 0.25) is 0 Å². The number of morpholine rings is 1. The van der Waals surface area contributed by atoms with Gasteiger partial charge in [0.05, 0.1) is 31.7 Å². The van der Waals surface area contributed by atoms with E-state index >= 15 is 0 Å². The summed E-state index contributed by atoms with van der Waals surface area (Å²) in [6.45, 7) is 3.45. The number of likely N-dealkylation sites (N-methyl/N-ethyl adjacent to an activating group) is 1. The summed E-state index contributed by atoms with van der Waals surface area (Å²) in [5.74, 6) is -1.03. The number of hydrogen-bond donors (Lipinski definition) is 3. The van der Waals surface area contributed by atoms with Crippen molar-refractivity contribution in [3.05, 3.63) is 35.4 Å². The molecule has 1 heterocycles. The van der Waals surface area contributed by atoms with Gasteiger partial charge in [0.1, 0.15) is 0 Å². The van der Waals surface area contributed by atoms with Crippen LogP contribution in [-0.2, 0) is 14.3 Å². The average Bonchev–Trinajstić information content (AvgIpc) is 2.60. The molecular formula is C19H28N4O5. The van der Waals surface area contributed by atoms with Crippen LogP contribution in [0.25, 0.3) is 0 Å². The highest BCUT2D eigenvalue weighted by atomic mass is 16.5. The molecule has 1 fully saturated rings. The Hall–Kier alpha value is -2.65. The van der Waals surface area contributed by atoms with E-state index in [0.717, 1.165) is 11.1 Å². The molecule has 154 valence electrons. The monoisotopic (exact) mass is 392 g/mol. The topological polar surface area (TPSA) is 125 Å². The SMILES string of the molecule is Cc1ccccc1C(CC(=O)N1CCOC(CN(C)CC(=O)O)C1)NC(N)=O. The maximum absolute atomic E-state index is 12.9. The van der Waals surface area contributed by atoms with Crippen molar-refractivity contribution in [2.24, 2.45) is 5.73 Å². The molecule has 1 aliphatic heterocycles. The van der Waals surface area contributed by atoms with Gasteiger partial charge < -0.3 is 25.8 Å². The van der Waals surface area contributed by atoms with E-state index in [0.29, 0.717) is 26.2 Å². The number of amides is 3. The van der Waals surface area contributed by atoms with Gasteiger partial charge in [-0.25, -0.2) is 4.79 Å². The summed E-state index contributed by atoms with van der Waals surface area (Å²) in [7, 11) is 1.70. The third kappa shape index (κ3) is 6.50. The van der Waals surface area contributed by atoms with Crippen LogP contribution in [0.15, 0.2) is 24.3 Å². The van der Waals surface area contributed by atoms with Crippen LogP contribution in [-0.4, -0.2) is 78.8 Å². The second kappa shape index (κ2) is 10.0. The largest absolute Gasteiger partial charge is 0.480 e. The fourth-order valence-corrected chi connectivity index (χ4v) is 3.39. The normalized spacial score (nSPS) is 18.0. The zero-order chi connectivity index (χ0) is 20.7. The van der Waals surface area contributed by atoms with Crippen molar-refractivity contribution in [1.29, 1.82) is 0 Å². The molecular weight excluding hydrogens is 364 g/mol. The molecule has 1 aliphatic rings. The molecule has 1 aromatic rings. The third-order valence-electron chi connectivity index (χ3n) is 4.67. The Balaban J connectivity index is 2.01. The van der Waals surface area contributed by atoms with Crippen molar-refractivity contribution in [3.8, 4) is 0 Å². The lowest BCUT2D eigenvalue weighted by molar-refractivity contribution is -0.142. The van der Waals surface area contributed by atoms with Crippen LogP contribution in [0.3, 0.4) is 0 Å². The second-order valence-corrected chi connectivity index (χ2v) is 7.04. The molecule has 3 amide bonds. The van der Waals surface area contributed by atoms with Gasteiger partial charge in [0.25, 0.3) is 0 Å². The van der Waals surface area contributed by atoms with E-state index in [2.05, 4.69) is 5.32 Å². The number of carboxylic acids is 1. The standard InChI is InChI=1S/C19H28N4O5/c1-13-5-3-4-6-15(13)16(21-19(20)27)9-17(24)23-7-8-28-14(11-23)10-22(2)12-18(25)26/h3-6,14,16H,7-12H2,1-2H3,(H,25,26)(H3,20,21,27). The van der Waals surface area contributed by atoms with E-state index in [1.54, 1.807) is 16.8 Å². The zero-order valence-corrected chi connectivity index (χ0v) is 16.3. The lowest BCUT2D eigenvalue weighted by Crippen LogP contribution is -2.50. The molecule has 9 heteroatoms. The number of carboxylic acid groups (broad SMARTS) is 1. The molecule has 28 heavy (non-hydrogen) atoms. The number of urea groups is 1. The lowest BCUT2D eigenvalue weighted by Gasteiger charge is -2.35. The number of benzene rings is 1. The molecule has 0 aliphatic carbocycles. The van der Waals surface area contributed by atoms with Gasteiger partial charge in [0.15, 0.2) is 0 Å². The number of carbonyl (C=O) groups is 3. The van der Waals surface area contributed by atoms with Gasteiger partial charge in [-0.15, -0.1) is 0 Å². The number of carbonyl (C=O) groups excluding carboxylic acids is 2. The summed E-state index contributed by atoms with van der Waals surface area (Å²) in [6, 6.07) is 6.33. The van der Waals surface area contributed by atoms with Gasteiger partial charge in [-0.2, -0.15) is 0 Å². The number of primary amides is 1. The number of nitrogens with one attached hydrogen (secondary N) is 1. The van der Waals surface area contributed by atoms with Crippen molar-refractivity contribution in [1.82, 2.24) is 15.1 Å². The molecule has 2 rings (SSSR count). The number of nitrogens with two attached hydrogens (primary N) is 1. The minimum atomic E-state index is -0.912. The number of hydrogen-bond acceptors (Lipinski definition) is 5. The van der Waals surface area contributed by atoms with E-state index in [-0.39, 0.29) is 25.0 Å². The zero-order valence-electron chi connectivity index (χ0n) is 16.3. The van der Waals surface area contributed by atoms with Gasteiger partial charge in [-0.3, -0.25) is 14.5 Å². The molecule has 2 unspecified atom stereocenters. The Labute approximate surface area is 164 Å². The molecule has 1 aromatic carbocycles. The molecule has 0 bridgehead atoms. The first kappa shape index (κ1) is 21.6. The molecule has 0 saturated carbocycles. The summed E-state index contributed by atoms with van der Waals surface area (Å²) in [6.07, 6.45) is -0.172. The average molecular weight is 392 g/mol. The molecule has 0 spiro atoms. The number of rotatable bonds is 8. The Kier molecular flexibility index (Phi) is 7.77. The van der Waals surface area contributed by atoms with Crippen LogP contribution in [0, 0.1) is 6.92 Å². The number of ether oxygens (including phenoxy) is 1. The molecule has 2 atom stereocenters. The Morgan fingerprint density at radius 1 is 1.39 bits per heavy atom. The first-order valence-corrected chi connectivity index (χ1v) is 9.17.